The van der Waals surface area contributed by atoms with E-state index in [1.54, 1.807) is 30.9 Å². The Morgan fingerprint density at radius 2 is 2.08 bits per heavy atom. The number of hydrogen-bond donors (Lipinski definition) is 2. The molecule has 0 unspecified atom stereocenters. The van der Waals surface area contributed by atoms with E-state index >= 15 is 0 Å². The van der Waals surface area contributed by atoms with Crippen molar-refractivity contribution in [2.75, 3.05) is 20.6 Å². The smallest absolute Gasteiger partial charge is 0.315 e. The molecule has 8 heteroatoms. The Hall–Kier alpha value is -2.64. The summed E-state index contributed by atoms with van der Waals surface area (Å²) in [5.74, 6) is -0.0742. The van der Waals surface area contributed by atoms with Gasteiger partial charge < -0.3 is 15.5 Å². The molecule has 0 aliphatic rings. The Morgan fingerprint density at radius 1 is 1.33 bits per heavy atom. The quantitative estimate of drug-likeness (QED) is 0.832. The second-order valence-corrected chi connectivity index (χ2v) is 5.93. The van der Waals surface area contributed by atoms with Crippen molar-refractivity contribution in [3.63, 3.8) is 0 Å². The van der Waals surface area contributed by atoms with Crippen LogP contribution in [0.4, 0.5) is 4.79 Å². The van der Waals surface area contributed by atoms with Crippen LogP contribution in [0.3, 0.4) is 0 Å². The van der Waals surface area contributed by atoms with Gasteiger partial charge in [-0.2, -0.15) is 0 Å². The van der Waals surface area contributed by atoms with E-state index in [1.165, 1.54) is 4.90 Å². The molecule has 0 saturated heterocycles. The highest BCUT2D eigenvalue weighted by molar-refractivity contribution is 5.97. The van der Waals surface area contributed by atoms with Crippen LogP contribution in [-0.2, 0) is 6.54 Å². The average molecular weight is 332 g/mol. The Balaban J connectivity index is 1.98. The fourth-order valence-electron chi connectivity index (χ4n) is 2.18. The SMILES string of the molecule is CC[C@H](C)NC(=O)NCCn1nnc2cc(C(=O)N(C)C)ccc21. The molecule has 24 heavy (non-hydrogen) atoms. The van der Waals surface area contributed by atoms with Crippen LogP contribution in [0.15, 0.2) is 18.2 Å². The van der Waals surface area contributed by atoms with Crippen molar-refractivity contribution < 1.29 is 9.59 Å². The summed E-state index contributed by atoms with van der Waals surface area (Å²) >= 11 is 0. The van der Waals surface area contributed by atoms with E-state index in [4.69, 9.17) is 0 Å². The molecule has 0 radical (unpaired) electrons. The van der Waals surface area contributed by atoms with Crippen molar-refractivity contribution in [1.82, 2.24) is 30.5 Å². The van der Waals surface area contributed by atoms with Gasteiger partial charge in [-0.25, -0.2) is 9.48 Å². The lowest BCUT2D eigenvalue weighted by Crippen LogP contribution is -2.41. The molecule has 0 bridgehead atoms. The van der Waals surface area contributed by atoms with E-state index in [2.05, 4.69) is 20.9 Å². The summed E-state index contributed by atoms with van der Waals surface area (Å²) in [6, 6.07) is 5.26. The summed E-state index contributed by atoms with van der Waals surface area (Å²) in [6.07, 6.45) is 0.884. The number of benzene rings is 1. The molecule has 2 rings (SSSR count). The zero-order chi connectivity index (χ0) is 17.7. The number of carbonyl (C=O) groups is 2. The van der Waals surface area contributed by atoms with Gasteiger partial charge in [0, 0.05) is 32.2 Å². The lowest BCUT2D eigenvalue weighted by molar-refractivity contribution is 0.0827. The normalized spacial score (nSPS) is 12.0. The molecular weight excluding hydrogens is 308 g/mol. The molecule has 1 heterocycles. The highest BCUT2D eigenvalue weighted by Gasteiger charge is 2.12. The van der Waals surface area contributed by atoms with E-state index in [-0.39, 0.29) is 18.0 Å². The molecule has 0 aliphatic carbocycles. The number of carbonyl (C=O) groups excluding carboxylic acids is 2. The van der Waals surface area contributed by atoms with Gasteiger partial charge in [-0.15, -0.1) is 5.10 Å². The minimum absolute atomic E-state index is 0.0742. The maximum absolute atomic E-state index is 12.0. The van der Waals surface area contributed by atoms with Gasteiger partial charge in [0.15, 0.2) is 0 Å². The van der Waals surface area contributed by atoms with Gasteiger partial charge in [0.05, 0.1) is 12.1 Å². The molecule has 1 atom stereocenters. The highest BCUT2D eigenvalue weighted by atomic mass is 16.2. The molecule has 0 fully saturated rings. The van der Waals surface area contributed by atoms with Gasteiger partial charge in [-0.05, 0) is 31.5 Å². The minimum Gasteiger partial charge on any atom is -0.345 e. The van der Waals surface area contributed by atoms with Crippen LogP contribution in [0.25, 0.3) is 11.0 Å². The summed E-state index contributed by atoms with van der Waals surface area (Å²) in [4.78, 5) is 25.2. The van der Waals surface area contributed by atoms with Gasteiger partial charge >= 0.3 is 6.03 Å². The molecule has 2 N–H and O–H groups in total. The maximum Gasteiger partial charge on any atom is 0.315 e. The molecule has 0 aliphatic heterocycles. The van der Waals surface area contributed by atoms with Gasteiger partial charge in [-0.3, -0.25) is 4.79 Å². The van der Waals surface area contributed by atoms with E-state index in [1.807, 2.05) is 19.9 Å². The Labute approximate surface area is 141 Å². The maximum atomic E-state index is 12.0. The van der Waals surface area contributed by atoms with Gasteiger partial charge in [0.1, 0.15) is 5.52 Å². The van der Waals surface area contributed by atoms with E-state index in [9.17, 15) is 9.59 Å². The first-order chi connectivity index (χ1) is 11.4. The first-order valence-corrected chi connectivity index (χ1v) is 8.01. The second-order valence-electron chi connectivity index (χ2n) is 5.93. The van der Waals surface area contributed by atoms with Gasteiger partial charge in [-0.1, -0.05) is 12.1 Å². The third-order valence-electron chi connectivity index (χ3n) is 3.77. The molecule has 0 spiro atoms. The molecule has 130 valence electrons. The number of nitrogens with zero attached hydrogens (tertiary/aromatic N) is 4. The Morgan fingerprint density at radius 3 is 2.75 bits per heavy atom. The van der Waals surface area contributed by atoms with Crippen LogP contribution >= 0.6 is 0 Å². The van der Waals surface area contributed by atoms with Crippen LogP contribution in [-0.4, -0.2) is 58.5 Å². The summed E-state index contributed by atoms with van der Waals surface area (Å²) in [7, 11) is 3.42. The first-order valence-electron chi connectivity index (χ1n) is 8.01. The summed E-state index contributed by atoms with van der Waals surface area (Å²) in [5, 5.41) is 13.8. The Bertz CT molecular complexity index is 724. The fraction of sp³-hybridized carbons (Fsp3) is 0.500. The standard InChI is InChI=1S/C16H24N6O2/c1-5-11(2)18-16(24)17-8-9-22-14-7-6-12(15(23)21(3)4)10-13(14)19-20-22/h6-7,10-11H,5,8-9H2,1-4H3,(H2,17,18,24)/t11-/m0/s1. The van der Waals surface area contributed by atoms with Crippen LogP contribution < -0.4 is 10.6 Å². The summed E-state index contributed by atoms with van der Waals surface area (Å²) in [5.41, 5.74) is 2.06. The van der Waals surface area contributed by atoms with Crippen molar-refractivity contribution in [3.8, 4) is 0 Å². The number of fused-ring (bicyclic) bond motifs is 1. The minimum atomic E-state index is -0.187. The predicted octanol–water partition coefficient (Wildman–Crippen LogP) is 1.23. The van der Waals surface area contributed by atoms with Gasteiger partial charge in [0.25, 0.3) is 5.91 Å². The van der Waals surface area contributed by atoms with Crippen LogP contribution in [0.2, 0.25) is 0 Å². The van der Waals surface area contributed by atoms with E-state index < -0.39 is 0 Å². The van der Waals surface area contributed by atoms with E-state index in [0.717, 1.165) is 11.9 Å². The summed E-state index contributed by atoms with van der Waals surface area (Å²) < 4.78 is 1.71. The topological polar surface area (TPSA) is 92.1 Å². The third kappa shape index (κ3) is 4.21. The number of urea groups is 1. The van der Waals surface area contributed by atoms with Gasteiger partial charge in [0.2, 0.25) is 0 Å². The first kappa shape index (κ1) is 17.7. The van der Waals surface area contributed by atoms with Crippen molar-refractivity contribution in [3.05, 3.63) is 23.8 Å². The van der Waals surface area contributed by atoms with Crippen LogP contribution in [0.1, 0.15) is 30.6 Å². The molecule has 2 aromatic rings. The van der Waals surface area contributed by atoms with Crippen LogP contribution in [0.5, 0.6) is 0 Å². The van der Waals surface area contributed by atoms with Crippen molar-refractivity contribution in [2.24, 2.45) is 0 Å². The monoisotopic (exact) mass is 332 g/mol. The number of hydrogen-bond acceptors (Lipinski definition) is 4. The van der Waals surface area contributed by atoms with Crippen LogP contribution in [0, 0.1) is 0 Å². The molecule has 0 saturated carbocycles. The average Bonchev–Trinajstić information content (AvgIpc) is 2.96. The number of aromatic nitrogens is 3. The molecule has 3 amide bonds. The lowest BCUT2D eigenvalue weighted by Gasteiger charge is -2.12. The largest absolute Gasteiger partial charge is 0.345 e. The Kier molecular flexibility index (Phi) is 5.73. The third-order valence-corrected chi connectivity index (χ3v) is 3.77. The van der Waals surface area contributed by atoms with E-state index in [0.29, 0.717) is 24.2 Å². The lowest BCUT2D eigenvalue weighted by atomic mass is 10.2. The number of amides is 3. The second kappa shape index (κ2) is 7.76. The number of rotatable bonds is 6. The molecule has 1 aromatic carbocycles. The van der Waals surface area contributed by atoms with Crippen molar-refractivity contribution in [2.45, 2.75) is 32.9 Å². The fourth-order valence-corrected chi connectivity index (χ4v) is 2.18. The zero-order valence-corrected chi connectivity index (χ0v) is 14.5. The number of nitrogens with one attached hydrogen (secondary N) is 2. The summed E-state index contributed by atoms with van der Waals surface area (Å²) in [6.45, 7) is 4.92. The molecule has 1 aromatic heterocycles. The zero-order valence-electron chi connectivity index (χ0n) is 14.5. The predicted molar refractivity (Wildman–Crippen MR) is 91.8 cm³/mol. The van der Waals surface area contributed by atoms with Crippen molar-refractivity contribution >= 4 is 23.0 Å². The molecular formula is C16H24N6O2. The van der Waals surface area contributed by atoms with Crippen molar-refractivity contribution in [1.29, 1.82) is 0 Å². The molecule has 8 nitrogen and oxygen atoms in total. The highest BCUT2D eigenvalue weighted by Crippen LogP contribution is 2.14.